The van der Waals surface area contributed by atoms with Crippen molar-refractivity contribution in [3.05, 3.63) is 120 Å². The van der Waals surface area contributed by atoms with Gasteiger partial charge in [0, 0.05) is 13.0 Å². The fraction of sp³-hybridized carbons (Fsp3) is 0.333. The Labute approximate surface area is 278 Å². The molecule has 0 aromatic heterocycles. The van der Waals surface area contributed by atoms with Gasteiger partial charge in [0.25, 0.3) is 0 Å². The average molecular weight is 635 g/mol. The van der Waals surface area contributed by atoms with Gasteiger partial charge in [0.2, 0.25) is 5.91 Å². The van der Waals surface area contributed by atoms with Crippen LogP contribution in [0.5, 0.6) is 11.5 Å². The third-order valence-corrected chi connectivity index (χ3v) is 7.77. The number of rotatable bonds is 19. The first kappa shape index (κ1) is 34.9. The highest BCUT2D eigenvalue weighted by atomic mass is 16.5. The van der Waals surface area contributed by atoms with Gasteiger partial charge in [-0.3, -0.25) is 4.79 Å². The molecule has 8 heteroatoms. The van der Waals surface area contributed by atoms with Crippen LogP contribution in [0.2, 0.25) is 0 Å². The predicted molar refractivity (Wildman–Crippen MR) is 188 cm³/mol. The smallest absolute Gasteiger partial charge is 0.245 e. The van der Waals surface area contributed by atoms with E-state index in [-0.39, 0.29) is 17.8 Å². The molecule has 1 amide bonds. The minimum atomic E-state index is -0.743. The van der Waals surface area contributed by atoms with Crippen molar-refractivity contribution in [3.63, 3.8) is 0 Å². The number of carbonyl (C=O) groups excluding carboxylic acids is 1. The number of ether oxygens (including phenoxy) is 2. The van der Waals surface area contributed by atoms with Crippen LogP contribution in [-0.2, 0) is 17.8 Å². The van der Waals surface area contributed by atoms with E-state index >= 15 is 0 Å². The van der Waals surface area contributed by atoms with Crippen LogP contribution in [0.3, 0.4) is 0 Å². The van der Waals surface area contributed by atoms with Crippen LogP contribution < -0.4 is 26.3 Å². The molecule has 1 aliphatic carbocycles. The van der Waals surface area contributed by atoms with E-state index in [0.717, 1.165) is 66.7 Å². The number of benzene rings is 3. The normalized spacial score (nSPS) is 14.6. The molecule has 0 fully saturated rings. The van der Waals surface area contributed by atoms with Crippen LogP contribution in [-0.4, -0.2) is 36.2 Å². The van der Waals surface area contributed by atoms with Crippen molar-refractivity contribution in [3.8, 4) is 23.3 Å². The predicted octanol–water partition coefficient (Wildman–Crippen LogP) is 5.76. The van der Waals surface area contributed by atoms with E-state index in [1.54, 1.807) is 6.08 Å². The van der Waals surface area contributed by atoms with Crippen molar-refractivity contribution in [2.45, 2.75) is 63.7 Å². The summed E-state index contributed by atoms with van der Waals surface area (Å²) < 4.78 is 11.7. The van der Waals surface area contributed by atoms with Gasteiger partial charge in [-0.2, -0.15) is 0 Å². The first-order chi connectivity index (χ1) is 23.0. The molecule has 4 rings (SSSR count). The monoisotopic (exact) mass is 634 g/mol. The van der Waals surface area contributed by atoms with Gasteiger partial charge in [0.1, 0.15) is 24.1 Å². The lowest BCUT2D eigenvalue weighted by atomic mass is 9.94. The van der Waals surface area contributed by atoms with Gasteiger partial charge in [-0.1, -0.05) is 110 Å². The summed E-state index contributed by atoms with van der Waals surface area (Å²) in [5, 5.41) is 13.7. The molecule has 0 aliphatic heterocycles. The summed E-state index contributed by atoms with van der Waals surface area (Å²) in [4.78, 5) is 17.1. The lowest BCUT2D eigenvalue weighted by Gasteiger charge is -2.17. The molecule has 0 saturated carbocycles. The van der Waals surface area contributed by atoms with Crippen LogP contribution in [0.4, 0.5) is 0 Å². The zero-order valence-corrected chi connectivity index (χ0v) is 26.9. The Morgan fingerprint density at radius 2 is 1.51 bits per heavy atom. The van der Waals surface area contributed by atoms with Gasteiger partial charge in [-0.25, -0.2) is 4.99 Å². The molecule has 0 bridgehead atoms. The maximum Gasteiger partial charge on any atom is 0.245 e. The van der Waals surface area contributed by atoms with Crippen molar-refractivity contribution in [1.29, 1.82) is 0 Å². The van der Waals surface area contributed by atoms with Crippen molar-refractivity contribution in [1.82, 2.24) is 5.32 Å². The minimum Gasteiger partial charge on any atom is -0.494 e. The number of nitrogens with zero attached hydrogens (tertiary/aromatic N) is 1. The van der Waals surface area contributed by atoms with Crippen molar-refractivity contribution < 1.29 is 19.4 Å². The van der Waals surface area contributed by atoms with Gasteiger partial charge in [0.05, 0.1) is 18.6 Å². The molecule has 0 saturated heterocycles. The number of guanidine groups is 1. The zero-order valence-electron chi connectivity index (χ0n) is 26.9. The summed E-state index contributed by atoms with van der Waals surface area (Å²) in [6.07, 6.45) is 13.2. The second-order valence-corrected chi connectivity index (χ2v) is 11.5. The number of carbonyl (C=O) groups is 1. The number of unbranched alkanes of at least 4 members (excludes halogenated alkanes) is 5. The van der Waals surface area contributed by atoms with Gasteiger partial charge in [-0.05, 0) is 59.9 Å². The zero-order chi connectivity index (χ0) is 33.1. The highest BCUT2D eigenvalue weighted by molar-refractivity contribution is 5.86. The molecule has 8 nitrogen and oxygen atoms in total. The lowest BCUT2D eigenvalue weighted by molar-refractivity contribution is -0.122. The van der Waals surface area contributed by atoms with Gasteiger partial charge in [0.15, 0.2) is 5.96 Å². The van der Waals surface area contributed by atoms with Crippen LogP contribution in [0.15, 0.2) is 108 Å². The molecule has 1 aliphatic rings. The van der Waals surface area contributed by atoms with E-state index in [1.165, 1.54) is 0 Å². The Balaban J connectivity index is 1.07. The Hall–Kier alpha value is -5.00. The number of hydrogen-bond donors (Lipinski definition) is 4. The maximum absolute atomic E-state index is 12.9. The Morgan fingerprint density at radius 3 is 2.23 bits per heavy atom. The third kappa shape index (κ3) is 12.7. The molecule has 3 aromatic carbocycles. The molecule has 47 heavy (non-hydrogen) atoms. The summed E-state index contributed by atoms with van der Waals surface area (Å²) in [5.74, 6) is 7.01. The van der Waals surface area contributed by atoms with E-state index in [0.29, 0.717) is 26.2 Å². The molecule has 0 heterocycles. The molecule has 0 radical (unpaired) electrons. The molecular weight excluding hydrogens is 588 g/mol. The number of allylic oxidation sites excluding steroid dienone is 3. The molecule has 246 valence electrons. The highest BCUT2D eigenvalue weighted by Crippen LogP contribution is 2.24. The average Bonchev–Trinajstić information content (AvgIpc) is 3.38. The summed E-state index contributed by atoms with van der Waals surface area (Å²) in [5.41, 5.74) is 14.1. The van der Waals surface area contributed by atoms with Crippen LogP contribution in [0.1, 0.15) is 61.3 Å². The largest absolute Gasteiger partial charge is 0.494 e. The highest BCUT2D eigenvalue weighted by Gasteiger charge is 2.20. The number of aliphatic hydroxyl groups excluding tert-OH is 1. The summed E-state index contributed by atoms with van der Waals surface area (Å²) in [6, 6.07) is 24.6. The van der Waals surface area contributed by atoms with E-state index in [1.807, 2.05) is 97.1 Å². The summed E-state index contributed by atoms with van der Waals surface area (Å²) in [7, 11) is 0. The van der Waals surface area contributed by atoms with Crippen molar-refractivity contribution in [2.24, 2.45) is 22.4 Å². The van der Waals surface area contributed by atoms with Gasteiger partial charge in [-0.15, -0.1) is 0 Å². The third-order valence-electron chi connectivity index (χ3n) is 7.77. The number of hydrogen-bond acceptors (Lipinski definition) is 5. The topological polar surface area (TPSA) is 132 Å². The fourth-order valence-corrected chi connectivity index (χ4v) is 5.15. The molecular formula is C39H46N4O4. The lowest BCUT2D eigenvalue weighted by Crippen LogP contribution is -2.38. The van der Waals surface area contributed by atoms with Gasteiger partial charge < -0.3 is 31.4 Å². The second-order valence-electron chi connectivity index (χ2n) is 11.5. The number of amides is 1. The molecule has 6 N–H and O–H groups in total. The minimum absolute atomic E-state index is 0.127. The number of nitrogens with one attached hydrogen (secondary N) is 1. The van der Waals surface area contributed by atoms with Crippen LogP contribution in [0.25, 0.3) is 0 Å². The maximum atomic E-state index is 12.9. The number of nitrogens with two attached hydrogens (primary N) is 2. The van der Waals surface area contributed by atoms with Crippen molar-refractivity contribution >= 4 is 11.9 Å². The SMILES string of the molecule is NC(N)=NC(Cc1ccc(C(O)C2C#CC=CC=C2)cc1)C(=O)NCCCCCCCCOc1ccc(OCc2ccccc2)cc1. The van der Waals surface area contributed by atoms with Crippen LogP contribution in [0, 0.1) is 17.8 Å². The Morgan fingerprint density at radius 1 is 0.830 bits per heavy atom. The molecule has 3 atom stereocenters. The van der Waals surface area contributed by atoms with Gasteiger partial charge >= 0.3 is 0 Å². The van der Waals surface area contributed by atoms with E-state index in [2.05, 4.69) is 22.2 Å². The van der Waals surface area contributed by atoms with E-state index in [4.69, 9.17) is 20.9 Å². The molecule has 3 aromatic rings. The summed E-state index contributed by atoms with van der Waals surface area (Å²) in [6.45, 7) is 1.79. The number of aliphatic hydroxyl groups is 1. The second kappa shape index (κ2) is 19.5. The summed E-state index contributed by atoms with van der Waals surface area (Å²) >= 11 is 0. The Bertz CT molecular complexity index is 1520. The fourth-order valence-electron chi connectivity index (χ4n) is 5.15. The standard InChI is InChI=1S/C39H46N4O4/c40-39(41)43-36(28-30-18-20-33(21-19-30)37(44)32-16-10-3-4-11-17-32)38(45)42-26-12-5-1-2-6-13-27-46-34-22-24-35(25-23-34)47-29-31-14-8-7-9-15-31/h3-4,7-10,14-16,18-25,32,36-37,44H,1-2,5-6,12-13,26-29H2,(H,42,45)(H4,40,41,43). The van der Waals surface area contributed by atoms with E-state index in [9.17, 15) is 9.90 Å². The first-order valence-corrected chi connectivity index (χ1v) is 16.4. The first-order valence-electron chi connectivity index (χ1n) is 16.4. The molecule has 3 unspecified atom stereocenters. The van der Waals surface area contributed by atoms with Crippen LogP contribution >= 0.6 is 0 Å². The van der Waals surface area contributed by atoms with E-state index < -0.39 is 12.1 Å². The van der Waals surface area contributed by atoms with Crippen molar-refractivity contribution in [2.75, 3.05) is 13.2 Å². The quantitative estimate of drug-likeness (QED) is 0.0574. The Kier molecular flexibility index (Phi) is 14.5. The molecule has 0 spiro atoms. The number of aliphatic imine (C=N–C) groups is 1.